The second-order valence-electron chi connectivity index (χ2n) is 7.96. The van der Waals surface area contributed by atoms with Crippen molar-refractivity contribution in [2.75, 3.05) is 18.4 Å². The summed E-state index contributed by atoms with van der Waals surface area (Å²) in [6.07, 6.45) is 4.75. The molecule has 0 radical (unpaired) electrons. The third-order valence-electron chi connectivity index (χ3n) is 5.87. The Morgan fingerprint density at radius 2 is 1.86 bits per heavy atom. The number of benzene rings is 1. The van der Waals surface area contributed by atoms with Crippen LogP contribution in [0.4, 0.5) is 5.69 Å². The fourth-order valence-electron chi connectivity index (χ4n) is 4.06. The number of carbonyl (C=O) groups excluding carboxylic acids is 2. The molecule has 29 heavy (non-hydrogen) atoms. The topological polar surface area (TPSA) is 91.0 Å². The zero-order valence-electron chi connectivity index (χ0n) is 16.6. The number of amides is 2. The van der Waals surface area contributed by atoms with Crippen LogP contribution in [0.2, 0.25) is 0 Å². The Bertz CT molecular complexity index is 962. The van der Waals surface area contributed by atoms with Crippen molar-refractivity contribution in [2.45, 2.75) is 45.6 Å². The van der Waals surface area contributed by atoms with Crippen LogP contribution in [-0.4, -0.2) is 39.4 Å². The first-order chi connectivity index (χ1) is 14.1. The molecule has 2 aliphatic heterocycles. The number of imidazole rings is 1. The van der Waals surface area contributed by atoms with Crippen LogP contribution in [0.25, 0.3) is 0 Å². The Hall–Kier alpha value is -3.14. The van der Waals surface area contributed by atoms with E-state index in [2.05, 4.69) is 23.3 Å². The fraction of sp³-hybridized carbons (Fsp3) is 0.455. The van der Waals surface area contributed by atoms with E-state index >= 15 is 0 Å². The number of nitriles is 1. The standard InChI is InChI=1S/C22H25N5O2/c1-15-9-12-26(13-10-15)22(29)19-18-4-2-3-11-27(18)20(25-19)21(28)24-17-7-5-16(14-23)6-8-17/h5-8,15H,2-4,9-13H2,1H3,(H,24,28). The van der Waals surface area contributed by atoms with Crippen LogP contribution >= 0.6 is 0 Å². The van der Waals surface area contributed by atoms with Crippen molar-refractivity contribution in [1.82, 2.24) is 14.5 Å². The lowest BCUT2D eigenvalue weighted by Gasteiger charge is -2.30. The molecule has 1 aromatic heterocycles. The highest BCUT2D eigenvalue weighted by Crippen LogP contribution is 2.25. The lowest BCUT2D eigenvalue weighted by molar-refractivity contribution is 0.0690. The van der Waals surface area contributed by atoms with Gasteiger partial charge in [-0.2, -0.15) is 5.26 Å². The van der Waals surface area contributed by atoms with Crippen LogP contribution < -0.4 is 5.32 Å². The van der Waals surface area contributed by atoms with Crippen molar-refractivity contribution < 1.29 is 9.59 Å². The van der Waals surface area contributed by atoms with E-state index in [0.29, 0.717) is 29.4 Å². The van der Waals surface area contributed by atoms with Gasteiger partial charge in [0.2, 0.25) is 0 Å². The molecule has 2 amide bonds. The van der Waals surface area contributed by atoms with Crippen molar-refractivity contribution >= 4 is 17.5 Å². The number of carbonyl (C=O) groups is 2. The number of aromatic nitrogens is 2. The predicted octanol–water partition coefficient (Wildman–Crippen LogP) is 3.22. The molecule has 1 fully saturated rings. The summed E-state index contributed by atoms with van der Waals surface area (Å²) in [6, 6.07) is 8.75. The predicted molar refractivity (Wildman–Crippen MR) is 109 cm³/mol. The summed E-state index contributed by atoms with van der Waals surface area (Å²) in [7, 11) is 0. The summed E-state index contributed by atoms with van der Waals surface area (Å²) >= 11 is 0. The zero-order valence-corrected chi connectivity index (χ0v) is 16.6. The van der Waals surface area contributed by atoms with E-state index in [1.165, 1.54) is 0 Å². The SMILES string of the molecule is CC1CCN(C(=O)c2nc(C(=O)Nc3ccc(C#N)cc3)n3c2CCCC3)CC1. The van der Waals surface area contributed by atoms with Gasteiger partial charge in [0, 0.05) is 25.3 Å². The Kier molecular flexibility index (Phi) is 5.34. The molecule has 0 atom stereocenters. The smallest absolute Gasteiger partial charge is 0.291 e. The highest BCUT2D eigenvalue weighted by Gasteiger charge is 2.31. The molecule has 1 saturated heterocycles. The van der Waals surface area contributed by atoms with Crippen LogP contribution in [0.3, 0.4) is 0 Å². The first kappa shape index (κ1) is 19.2. The van der Waals surface area contributed by atoms with Crippen LogP contribution in [0.15, 0.2) is 24.3 Å². The third-order valence-corrected chi connectivity index (χ3v) is 5.87. The lowest BCUT2D eigenvalue weighted by Crippen LogP contribution is -2.38. The number of piperidine rings is 1. The molecule has 2 aliphatic rings. The molecule has 1 N–H and O–H groups in total. The van der Waals surface area contributed by atoms with Crippen molar-refractivity contribution in [2.24, 2.45) is 5.92 Å². The molecular weight excluding hydrogens is 366 g/mol. The Labute approximate surface area is 170 Å². The number of rotatable bonds is 3. The molecule has 0 unspecified atom stereocenters. The van der Waals surface area contributed by atoms with Crippen LogP contribution in [0.1, 0.15) is 65.0 Å². The van der Waals surface area contributed by atoms with E-state index in [0.717, 1.165) is 50.9 Å². The first-order valence-corrected chi connectivity index (χ1v) is 10.3. The van der Waals surface area contributed by atoms with Crippen molar-refractivity contribution in [3.05, 3.63) is 47.0 Å². The summed E-state index contributed by atoms with van der Waals surface area (Å²) in [6.45, 7) is 4.41. The molecular formula is C22H25N5O2. The Morgan fingerprint density at radius 1 is 1.14 bits per heavy atom. The van der Waals surface area contributed by atoms with Crippen LogP contribution in [0, 0.1) is 17.2 Å². The lowest BCUT2D eigenvalue weighted by atomic mass is 9.98. The van der Waals surface area contributed by atoms with Gasteiger partial charge >= 0.3 is 0 Å². The second kappa shape index (κ2) is 8.08. The van der Waals surface area contributed by atoms with Gasteiger partial charge in [0.25, 0.3) is 11.8 Å². The first-order valence-electron chi connectivity index (χ1n) is 10.3. The van der Waals surface area contributed by atoms with Gasteiger partial charge in [0.15, 0.2) is 5.82 Å². The van der Waals surface area contributed by atoms with Gasteiger partial charge in [-0.25, -0.2) is 4.98 Å². The minimum atomic E-state index is -0.329. The maximum Gasteiger partial charge on any atom is 0.291 e. The van der Waals surface area contributed by atoms with Gasteiger partial charge in [-0.3, -0.25) is 9.59 Å². The maximum atomic E-state index is 13.1. The monoisotopic (exact) mass is 391 g/mol. The van der Waals surface area contributed by atoms with E-state index in [-0.39, 0.29) is 17.6 Å². The number of hydrogen-bond donors (Lipinski definition) is 1. The van der Waals surface area contributed by atoms with Gasteiger partial charge in [0.1, 0.15) is 5.69 Å². The molecule has 0 saturated carbocycles. The van der Waals surface area contributed by atoms with Crippen molar-refractivity contribution in [3.63, 3.8) is 0 Å². The molecule has 0 bridgehead atoms. The highest BCUT2D eigenvalue weighted by molar-refractivity contribution is 6.03. The largest absolute Gasteiger partial charge is 0.337 e. The number of nitrogens with zero attached hydrogens (tertiary/aromatic N) is 4. The summed E-state index contributed by atoms with van der Waals surface area (Å²) in [4.78, 5) is 32.4. The molecule has 150 valence electrons. The van der Waals surface area contributed by atoms with Crippen molar-refractivity contribution in [1.29, 1.82) is 5.26 Å². The second-order valence-corrected chi connectivity index (χ2v) is 7.96. The summed E-state index contributed by atoms with van der Waals surface area (Å²) < 4.78 is 1.91. The number of nitrogens with one attached hydrogen (secondary N) is 1. The Balaban J connectivity index is 1.59. The molecule has 0 aliphatic carbocycles. The van der Waals surface area contributed by atoms with E-state index in [1.807, 2.05) is 9.47 Å². The quantitative estimate of drug-likeness (QED) is 0.870. The molecule has 4 rings (SSSR count). The number of anilines is 1. The summed E-state index contributed by atoms with van der Waals surface area (Å²) in [5.74, 6) is 0.547. The van der Waals surface area contributed by atoms with Crippen molar-refractivity contribution in [3.8, 4) is 6.07 Å². The van der Waals surface area contributed by atoms with E-state index in [4.69, 9.17) is 5.26 Å². The van der Waals surface area contributed by atoms with Gasteiger partial charge < -0.3 is 14.8 Å². The molecule has 2 aromatic rings. The third kappa shape index (κ3) is 3.88. The molecule has 1 aromatic carbocycles. The number of hydrogen-bond acceptors (Lipinski definition) is 4. The summed E-state index contributed by atoms with van der Waals surface area (Å²) in [5, 5.41) is 11.8. The van der Waals surface area contributed by atoms with Gasteiger partial charge in [0.05, 0.1) is 17.3 Å². The fourth-order valence-corrected chi connectivity index (χ4v) is 4.06. The zero-order chi connectivity index (χ0) is 20.4. The van der Waals surface area contributed by atoms with Gasteiger partial charge in [-0.1, -0.05) is 6.92 Å². The van der Waals surface area contributed by atoms with Crippen LogP contribution in [0.5, 0.6) is 0 Å². The average Bonchev–Trinajstić information content (AvgIpc) is 3.14. The molecule has 7 heteroatoms. The number of fused-ring (bicyclic) bond motifs is 1. The van der Waals surface area contributed by atoms with E-state index in [1.54, 1.807) is 24.3 Å². The molecule has 3 heterocycles. The van der Waals surface area contributed by atoms with E-state index in [9.17, 15) is 9.59 Å². The van der Waals surface area contributed by atoms with E-state index < -0.39 is 0 Å². The minimum absolute atomic E-state index is 0.0556. The normalized spacial score (nSPS) is 16.8. The highest BCUT2D eigenvalue weighted by atomic mass is 16.2. The van der Waals surface area contributed by atoms with Crippen LogP contribution in [-0.2, 0) is 13.0 Å². The maximum absolute atomic E-state index is 13.1. The van der Waals surface area contributed by atoms with Gasteiger partial charge in [-0.05, 0) is 62.3 Å². The Morgan fingerprint density at radius 3 is 2.55 bits per heavy atom. The molecule has 7 nitrogen and oxygen atoms in total. The molecule has 0 spiro atoms. The van der Waals surface area contributed by atoms with Gasteiger partial charge in [-0.15, -0.1) is 0 Å². The minimum Gasteiger partial charge on any atom is -0.337 e. The number of likely N-dealkylation sites (tertiary alicyclic amines) is 1. The summed E-state index contributed by atoms with van der Waals surface area (Å²) in [5.41, 5.74) is 2.44. The average molecular weight is 391 g/mol.